The summed E-state index contributed by atoms with van der Waals surface area (Å²) in [6.07, 6.45) is 2.90. The third-order valence-electron chi connectivity index (χ3n) is 3.40. The van der Waals surface area contributed by atoms with E-state index in [1.54, 1.807) is 44.2 Å². The van der Waals surface area contributed by atoms with E-state index in [2.05, 4.69) is 0 Å². The number of phenols is 1. The van der Waals surface area contributed by atoms with E-state index < -0.39 is 4.92 Å². The summed E-state index contributed by atoms with van der Waals surface area (Å²) in [5.41, 5.74) is 1.33. The van der Waals surface area contributed by atoms with Gasteiger partial charge in [-0.1, -0.05) is 24.3 Å². The molecule has 0 amide bonds. The first-order valence-corrected chi connectivity index (χ1v) is 7.35. The minimum Gasteiger partial charge on any atom is -0.504 e. The Morgan fingerprint density at radius 1 is 1.29 bits per heavy atom. The van der Waals surface area contributed by atoms with Crippen molar-refractivity contribution in [1.82, 2.24) is 0 Å². The summed E-state index contributed by atoms with van der Waals surface area (Å²) in [7, 11) is 0. The van der Waals surface area contributed by atoms with Crippen LogP contribution in [-0.4, -0.2) is 22.4 Å². The lowest BCUT2D eigenvalue weighted by atomic mass is 10.1. The van der Waals surface area contributed by atoms with Gasteiger partial charge in [-0.25, -0.2) is 0 Å². The molecule has 2 aromatic carbocycles. The van der Waals surface area contributed by atoms with Crippen molar-refractivity contribution < 1.29 is 19.6 Å². The van der Waals surface area contributed by atoms with Gasteiger partial charge >= 0.3 is 0 Å². The number of hydrogen-bond donors (Lipinski definition) is 1. The minimum absolute atomic E-state index is 0.0227. The topological polar surface area (TPSA) is 89.7 Å². The molecule has 0 saturated carbocycles. The van der Waals surface area contributed by atoms with Crippen LogP contribution in [0.2, 0.25) is 0 Å². The van der Waals surface area contributed by atoms with E-state index in [1.165, 1.54) is 18.2 Å². The number of aryl methyl sites for hydroxylation is 1. The molecule has 0 fully saturated rings. The van der Waals surface area contributed by atoms with Crippen LogP contribution in [0.25, 0.3) is 6.08 Å². The average Bonchev–Trinajstić information content (AvgIpc) is 2.55. The van der Waals surface area contributed by atoms with Crippen LogP contribution in [0.4, 0.5) is 5.69 Å². The number of ether oxygens (including phenoxy) is 1. The van der Waals surface area contributed by atoms with Crippen molar-refractivity contribution in [3.8, 4) is 11.5 Å². The highest BCUT2D eigenvalue weighted by molar-refractivity contribution is 6.07. The number of phenolic OH excluding ortho intramolecular Hbond substituents is 1. The normalized spacial score (nSPS) is 10.8. The fraction of sp³-hybridized carbons (Fsp3) is 0.167. The lowest BCUT2D eigenvalue weighted by Crippen LogP contribution is -1.98. The van der Waals surface area contributed by atoms with Gasteiger partial charge < -0.3 is 9.84 Å². The molecular weight excluding hydrogens is 310 g/mol. The molecule has 0 heterocycles. The Kier molecular flexibility index (Phi) is 5.31. The Labute approximate surface area is 139 Å². The summed E-state index contributed by atoms with van der Waals surface area (Å²) in [4.78, 5) is 22.6. The van der Waals surface area contributed by atoms with Gasteiger partial charge in [-0.2, -0.15) is 0 Å². The van der Waals surface area contributed by atoms with Crippen molar-refractivity contribution >= 4 is 17.5 Å². The molecule has 0 aliphatic carbocycles. The molecule has 124 valence electrons. The molecule has 0 aliphatic rings. The third-order valence-corrected chi connectivity index (χ3v) is 3.40. The smallest absolute Gasteiger partial charge is 0.273 e. The van der Waals surface area contributed by atoms with Gasteiger partial charge in [0.1, 0.15) is 0 Å². The summed E-state index contributed by atoms with van der Waals surface area (Å²) >= 11 is 0. The maximum absolute atomic E-state index is 12.2. The predicted octanol–water partition coefficient (Wildman–Crippen LogP) is 3.90. The van der Waals surface area contributed by atoms with Crippen LogP contribution in [0.3, 0.4) is 0 Å². The molecule has 0 saturated heterocycles. The number of nitro groups is 1. The Morgan fingerprint density at radius 3 is 2.71 bits per heavy atom. The van der Waals surface area contributed by atoms with Gasteiger partial charge in [0.25, 0.3) is 5.69 Å². The van der Waals surface area contributed by atoms with Crippen molar-refractivity contribution in [1.29, 1.82) is 0 Å². The fourth-order valence-corrected chi connectivity index (χ4v) is 2.13. The van der Waals surface area contributed by atoms with E-state index in [9.17, 15) is 20.0 Å². The SMILES string of the molecule is CCOc1cc(/C=C/C(=O)c2ccc(C)c([N+](=O)[O-])c2)ccc1O. The van der Waals surface area contributed by atoms with Gasteiger partial charge in [-0.05, 0) is 37.6 Å². The number of aromatic hydroxyl groups is 1. The number of carbonyl (C=O) groups is 1. The summed E-state index contributed by atoms with van der Waals surface area (Å²) < 4.78 is 5.28. The second-order valence-electron chi connectivity index (χ2n) is 5.12. The first kappa shape index (κ1) is 17.2. The quantitative estimate of drug-likeness (QED) is 0.376. The molecule has 6 nitrogen and oxygen atoms in total. The first-order valence-electron chi connectivity index (χ1n) is 7.35. The van der Waals surface area contributed by atoms with Crippen LogP contribution in [0, 0.1) is 17.0 Å². The van der Waals surface area contributed by atoms with Gasteiger partial charge in [0.2, 0.25) is 0 Å². The average molecular weight is 327 g/mol. The zero-order valence-electron chi connectivity index (χ0n) is 13.4. The van der Waals surface area contributed by atoms with Gasteiger partial charge in [0, 0.05) is 17.2 Å². The first-order chi connectivity index (χ1) is 11.4. The highest BCUT2D eigenvalue weighted by Crippen LogP contribution is 2.27. The maximum Gasteiger partial charge on any atom is 0.273 e. The summed E-state index contributed by atoms with van der Waals surface area (Å²) in [5, 5.41) is 20.6. The molecule has 0 spiro atoms. The fourth-order valence-electron chi connectivity index (χ4n) is 2.13. The van der Waals surface area contributed by atoms with Gasteiger partial charge in [0.15, 0.2) is 17.3 Å². The van der Waals surface area contributed by atoms with Crippen molar-refractivity contribution in [2.45, 2.75) is 13.8 Å². The van der Waals surface area contributed by atoms with E-state index in [4.69, 9.17) is 4.74 Å². The molecule has 1 N–H and O–H groups in total. The van der Waals surface area contributed by atoms with Crippen molar-refractivity contribution in [2.75, 3.05) is 6.61 Å². The molecule has 0 unspecified atom stereocenters. The number of nitro benzene ring substituents is 1. The second-order valence-corrected chi connectivity index (χ2v) is 5.12. The molecule has 0 aliphatic heterocycles. The monoisotopic (exact) mass is 327 g/mol. The third kappa shape index (κ3) is 3.98. The van der Waals surface area contributed by atoms with Crippen molar-refractivity contribution in [3.63, 3.8) is 0 Å². The van der Waals surface area contributed by atoms with Crippen molar-refractivity contribution in [3.05, 3.63) is 69.3 Å². The van der Waals surface area contributed by atoms with Gasteiger partial charge in [-0.3, -0.25) is 14.9 Å². The Hall–Kier alpha value is -3.15. The molecule has 24 heavy (non-hydrogen) atoms. The summed E-state index contributed by atoms with van der Waals surface area (Å²) in [6, 6.07) is 9.10. The predicted molar refractivity (Wildman–Crippen MR) is 90.5 cm³/mol. The standard InChI is InChI=1S/C18H17NO5/c1-3-24-18-10-13(6-9-17(18)21)5-8-16(20)14-7-4-12(2)15(11-14)19(22)23/h4-11,21H,3H2,1-2H3/b8-5+. The molecule has 0 radical (unpaired) electrons. The van der Waals surface area contributed by atoms with E-state index in [-0.39, 0.29) is 22.8 Å². The summed E-state index contributed by atoms with van der Waals surface area (Å²) in [6.45, 7) is 3.83. The Bertz CT molecular complexity index is 811. The zero-order chi connectivity index (χ0) is 17.7. The van der Waals surface area contributed by atoms with E-state index in [0.717, 1.165) is 0 Å². The van der Waals surface area contributed by atoms with Crippen LogP contribution in [0.1, 0.15) is 28.4 Å². The maximum atomic E-state index is 12.2. The zero-order valence-corrected chi connectivity index (χ0v) is 13.4. The van der Waals surface area contributed by atoms with Crippen LogP contribution >= 0.6 is 0 Å². The molecule has 0 bridgehead atoms. The van der Waals surface area contributed by atoms with Crippen molar-refractivity contribution in [2.24, 2.45) is 0 Å². The highest BCUT2D eigenvalue weighted by atomic mass is 16.6. The van der Waals surface area contributed by atoms with Gasteiger partial charge in [0.05, 0.1) is 11.5 Å². The number of hydrogen-bond acceptors (Lipinski definition) is 5. The van der Waals surface area contributed by atoms with Crippen LogP contribution in [0.5, 0.6) is 11.5 Å². The van der Waals surface area contributed by atoms with Crippen LogP contribution in [0.15, 0.2) is 42.5 Å². The number of benzene rings is 2. The Balaban J connectivity index is 2.23. The Morgan fingerprint density at radius 2 is 2.04 bits per heavy atom. The van der Waals surface area contributed by atoms with Gasteiger partial charge in [-0.15, -0.1) is 0 Å². The van der Waals surface area contributed by atoms with E-state index >= 15 is 0 Å². The highest BCUT2D eigenvalue weighted by Gasteiger charge is 2.13. The number of rotatable bonds is 6. The lowest BCUT2D eigenvalue weighted by Gasteiger charge is -2.06. The molecule has 0 aromatic heterocycles. The molecule has 6 heteroatoms. The molecule has 2 rings (SSSR count). The number of nitrogens with zero attached hydrogens (tertiary/aromatic N) is 1. The van der Waals surface area contributed by atoms with Crippen LogP contribution < -0.4 is 4.74 Å². The second kappa shape index (κ2) is 7.41. The summed E-state index contributed by atoms with van der Waals surface area (Å²) in [5.74, 6) is 0.0108. The number of ketones is 1. The molecule has 0 atom stereocenters. The number of carbonyl (C=O) groups excluding carboxylic acids is 1. The lowest BCUT2D eigenvalue weighted by molar-refractivity contribution is -0.385. The largest absolute Gasteiger partial charge is 0.504 e. The van der Waals surface area contributed by atoms with E-state index in [1.807, 2.05) is 0 Å². The molecule has 2 aromatic rings. The minimum atomic E-state index is -0.510. The van der Waals surface area contributed by atoms with E-state index in [0.29, 0.717) is 23.5 Å². The van der Waals surface area contributed by atoms with Crippen LogP contribution in [-0.2, 0) is 0 Å². The number of allylic oxidation sites excluding steroid dienone is 1. The molecular formula is C18H17NO5.